The molecule has 0 radical (unpaired) electrons. The Hall–Kier alpha value is -2.05. The molecule has 2 heterocycles. The van der Waals surface area contributed by atoms with Gasteiger partial charge in [0.15, 0.2) is 0 Å². The minimum Gasteiger partial charge on any atom is -0.352 e. The molecule has 154 valence electrons. The molecule has 29 heavy (non-hydrogen) atoms. The summed E-state index contributed by atoms with van der Waals surface area (Å²) in [5.41, 5.74) is 0.748. The maximum atomic E-state index is 13.0. The first-order chi connectivity index (χ1) is 14.0. The number of hydrogen-bond acceptors (Lipinski definition) is 4. The predicted octanol–water partition coefficient (Wildman–Crippen LogP) is 3.39. The molecule has 6 heteroatoms. The molecular weight excluding hydrogens is 382 g/mol. The van der Waals surface area contributed by atoms with Gasteiger partial charge in [0.25, 0.3) is 5.91 Å². The van der Waals surface area contributed by atoms with Crippen LogP contribution in [0.3, 0.4) is 0 Å². The normalized spacial score (nSPS) is 22.0. The number of piperidine rings is 1. The average molecular weight is 412 g/mol. The summed E-state index contributed by atoms with van der Waals surface area (Å²) in [6, 6.07) is 14.1. The molecule has 5 nitrogen and oxygen atoms in total. The van der Waals surface area contributed by atoms with Crippen LogP contribution in [-0.4, -0.2) is 52.5 Å². The van der Waals surface area contributed by atoms with E-state index in [2.05, 4.69) is 23.6 Å². The van der Waals surface area contributed by atoms with E-state index in [1.807, 2.05) is 60.0 Å². The summed E-state index contributed by atoms with van der Waals surface area (Å²) in [5, 5.41) is 8.89. The van der Waals surface area contributed by atoms with Crippen LogP contribution in [0.15, 0.2) is 42.5 Å². The zero-order valence-electron chi connectivity index (χ0n) is 17.1. The number of thioether (sulfide) groups is 1. The molecule has 0 unspecified atom stereocenters. The van der Waals surface area contributed by atoms with Crippen LogP contribution in [0, 0.1) is 0 Å². The monoisotopic (exact) mass is 411 g/mol. The highest BCUT2D eigenvalue weighted by Gasteiger charge is 2.44. The average Bonchev–Trinajstić information content (AvgIpc) is 3.17. The van der Waals surface area contributed by atoms with Gasteiger partial charge in [-0.05, 0) is 49.1 Å². The second-order valence-electron chi connectivity index (χ2n) is 8.17. The number of nitrogens with one attached hydrogen (secondary N) is 2. The minimum atomic E-state index is -0.142. The summed E-state index contributed by atoms with van der Waals surface area (Å²) in [4.78, 5) is 27.3. The first kappa shape index (κ1) is 20.2. The topological polar surface area (TPSA) is 61.4 Å². The predicted molar refractivity (Wildman–Crippen MR) is 119 cm³/mol. The molecule has 2 aromatic rings. The lowest BCUT2D eigenvalue weighted by Crippen LogP contribution is -2.55. The Labute approximate surface area is 176 Å². The molecule has 2 fully saturated rings. The van der Waals surface area contributed by atoms with Gasteiger partial charge in [-0.15, -0.1) is 11.8 Å². The Morgan fingerprint density at radius 2 is 1.93 bits per heavy atom. The first-order valence-electron chi connectivity index (χ1n) is 10.5. The highest BCUT2D eigenvalue weighted by atomic mass is 32.2. The van der Waals surface area contributed by atoms with Gasteiger partial charge in [-0.2, -0.15) is 0 Å². The smallest absolute Gasteiger partial charge is 0.253 e. The van der Waals surface area contributed by atoms with Crippen molar-refractivity contribution in [3.8, 4) is 0 Å². The molecule has 2 atom stereocenters. The summed E-state index contributed by atoms with van der Waals surface area (Å²) in [6.07, 6.45) is 2.66. The molecule has 2 aliphatic heterocycles. The standard InChI is InChI=1S/C23H29N3O2S/c1-3-16(2)24-21(27)20-15-29-23(25-20)10-12-26(13-11-23)22(28)19-9-8-17-6-4-5-7-18(17)14-19/h4-9,14,16,20,25H,3,10-13,15H2,1-2H3,(H,24,27)/t16-,20+/m0/s1. The summed E-state index contributed by atoms with van der Waals surface area (Å²) in [5.74, 6) is 0.985. The van der Waals surface area contributed by atoms with Gasteiger partial charge in [-0.25, -0.2) is 0 Å². The van der Waals surface area contributed by atoms with E-state index < -0.39 is 0 Å². The van der Waals surface area contributed by atoms with Crippen molar-refractivity contribution in [3.05, 3.63) is 48.0 Å². The van der Waals surface area contributed by atoms with Crippen molar-refractivity contribution in [2.45, 2.75) is 50.1 Å². The van der Waals surface area contributed by atoms with Crippen LogP contribution >= 0.6 is 11.8 Å². The Morgan fingerprint density at radius 3 is 2.66 bits per heavy atom. The number of carbonyl (C=O) groups excluding carboxylic acids is 2. The Kier molecular flexibility index (Phi) is 5.83. The number of amides is 2. The van der Waals surface area contributed by atoms with Crippen LogP contribution in [0.2, 0.25) is 0 Å². The first-order valence-corrected chi connectivity index (χ1v) is 11.5. The fraction of sp³-hybridized carbons (Fsp3) is 0.478. The Bertz CT molecular complexity index is 908. The van der Waals surface area contributed by atoms with Crippen molar-refractivity contribution in [2.24, 2.45) is 0 Å². The van der Waals surface area contributed by atoms with E-state index in [1.165, 1.54) is 0 Å². The van der Waals surface area contributed by atoms with Crippen molar-refractivity contribution in [3.63, 3.8) is 0 Å². The van der Waals surface area contributed by atoms with Crippen molar-refractivity contribution in [1.82, 2.24) is 15.5 Å². The summed E-state index contributed by atoms with van der Waals surface area (Å²) in [6.45, 7) is 5.54. The second kappa shape index (κ2) is 8.36. The lowest BCUT2D eigenvalue weighted by Gasteiger charge is -2.39. The van der Waals surface area contributed by atoms with E-state index in [0.29, 0.717) is 13.1 Å². The van der Waals surface area contributed by atoms with Crippen LogP contribution in [-0.2, 0) is 4.79 Å². The number of nitrogens with zero attached hydrogens (tertiary/aromatic N) is 1. The molecule has 2 amide bonds. The zero-order chi connectivity index (χ0) is 20.4. The van der Waals surface area contributed by atoms with Crippen LogP contribution in [0.5, 0.6) is 0 Å². The quantitative estimate of drug-likeness (QED) is 0.810. The maximum absolute atomic E-state index is 13.0. The number of carbonyl (C=O) groups is 2. The molecule has 0 aromatic heterocycles. The van der Waals surface area contributed by atoms with E-state index >= 15 is 0 Å². The fourth-order valence-electron chi connectivity index (χ4n) is 4.10. The maximum Gasteiger partial charge on any atom is 0.253 e. The van der Waals surface area contributed by atoms with Gasteiger partial charge < -0.3 is 10.2 Å². The molecular formula is C23H29N3O2S. The second-order valence-corrected chi connectivity index (χ2v) is 9.58. The van der Waals surface area contributed by atoms with E-state index in [-0.39, 0.29) is 28.8 Å². The van der Waals surface area contributed by atoms with Gasteiger partial charge in [0.2, 0.25) is 5.91 Å². The van der Waals surface area contributed by atoms with Crippen LogP contribution < -0.4 is 10.6 Å². The van der Waals surface area contributed by atoms with Crippen molar-refractivity contribution < 1.29 is 9.59 Å². The molecule has 0 bridgehead atoms. The van der Waals surface area contributed by atoms with Crippen LogP contribution in [0.25, 0.3) is 10.8 Å². The summed E-state index contributed by atoms with van der Waals surface area (Å²) >= 11 is 1.84. The van der Waals surface area contributed by atoms with Crippen LogP contribution in [0.1, 0.15) is 43.5 Å². The van der Waals surface area contributed by atoms with Gasteiger partial charge in [-0.3, -0.25) is 14.9 Å². The molecule has 0 saturated carbocycles. The third kappa shape index (κ3) is 4.28. The van der Waals surface area contributed by atoms with Crippen molar-refractivity contribution in [1.29, 1.82) is 0 Å². The number of likely N-dealkylation sites (tertiary alicyclic amines) is 1. The molecule has 0 aliphatic carbocycles. The molecule has 1 spiro atoms. The number of fused-ring (bicyclic) bond motifs is 1. The van der Waals surface area contributed by atoms with E-state index in [9.17, 15) is 9.59 Å². The molecule has 4 rings (SSSR count). The minimum absolute atomic E-state index is 0.0857. The molecule has 2 saturated heterocycles. The van der Waals surface area contributed by atoms with Gasteiger partial charge in [0, 0.05) is 30.4 Å². The lowest BCUT2D eigenvalue weighted by molar-refractivity contribution is -0.123. The largest absolute Gasteiger partial charge is 0.352 e. The van der Waals surface area contributed by atoms with Gasteiger partial charge in [0.05, 0.1) is 10.9 Å². The van der Waals surface area contributed by atoms with E-state index in [0.717, 1.165) is 41.4 Å². The lowest BCUT2D eigenvalue weighted by atomic mass is 10.0. The number of rotatable bonds is 4. The van der Waals surface area contributed by atoms with Gasteiger partial charge in [-0.1, -0.05) is 37.3 Å². The van der Waals surface area contributed by atoms with E-state index in [4.69, 9.17) is 0 Å². The van der Waals surface area contributed by atoms with Gasteiger partial charge >= 0.3 is 0 Å². The number of benzene rings is 2. The SMILES string of the molecule is CC[C@H](C)NC(=O)[C@H]1CSC2(CCN(C(=O)c3ccc4ccccc4c3)CC2)N1. The highest BCUT2D eigenvalue weighted by molar-refractivity contribution is 8.01. The highest BCUT2D eigenvalue weighted by Crippen LogP contribution is 2.39. The van der Waals surface area contributed by atoms with E-state index in [1.54, 1.807) is 0 Å². The number of hydrogen-bond donors (Lipinski definition) is 2. The third-order valence-corrected chi connectivity index (χ3v) is 7.71. The molecule has 2 aliphatic rings. The molecule has 2 N–H and O–H groups in total. The Balaban J connectivity index is 1.36. The van der Waals surface area contributed by atoms with Gasteiger partial charge in [0.1, 0.15) is 0 Å². The zero-order valence-corrected chi connectivity index (χ0v) is 17.9. The fourth-order valence-corrected chi connectivity index (χ4v) is 5.51. The summed E-state index contributed by atoms with van der Waals surface area (Å²) < 4.78 is 0. The van der Waals surface area contributed by atoms with Crippen molar-refractivity contribution in [2.75, 3.05) is 18.8 Å². The molecule has 2 aromatic carbocycles. The van der Waals surface area contributed by atoms with Crippen LogP contribution in [0.4, 0.5) is 0 Å². The van der Waals surface area contributed by atoms with Crippen molar-refractivity contribution >= 4 is 34.3 Å². The Morgan fingerprint density at radius 1 is 1.21 bits per heavy atom. The summed E-state index contributed by atoms with van der Waals surface area (Å²) in [7, 11) is 0. The third-order valence-electron chi connectivity index (χ3n) is 6.14.